The van der Waals surface area contributed by atoms with Crippen molar-refractivity contribution >= 4 is 40.7 Å². The molecule has 0 aliphatic rings. The third-order valence-corrected chi connectivity index (χ3v) is 4.25. The van der Waals surface area contributed by atoms with E-state index in [4.69, 9.17) is 34.8 Å². The molecule has 0 bridgehead atoms. The van der Waals surface area contributed by atoms with Crippen LogP contribution in [0.4, 0.5) is 0 Å². The zero-order valence-electron chi connectivity index (χ0n) is 12.2. The molecule has 1 N–H and O–H groups in total. The Morgan fingerprint density at radius 3 is 2.52 bits per heavy atom. The number of amides is 1. The van der Waals surface area contributed by atoms with Gasteiger partial charge in [0.25, 0.3) is 5.56 Å². The molecule has 122 valence electrons. The summed E-state index contributed by atoms with van der Waals surface area (Å²) in [5.74, 6) is -0.347. The fourth-order valence-electron chi connectivity index (χ4n) is 2.05. The molecule has 8 heteroatoms. The molecule has 0 fully saturated rings. The lowest BCUT2D eigenvalue weighted by molar-refractivity contribution is -0.122. The number of carbonyl (C=O) groups is 1. The van der Waals surface area contributed by atoms with Crippen LogP contribution in [0.2, 0.25) is 15.1 Å². The highest BCUT2D eigenvalue weighted by molar-refractivity contribution is 6.41. The van der Waals surface area contributed by atoms with E-state index in [0.717, 1.165) is 10.2 Å². The summed E-state index contributed by atoms with van der Waals surface area (Å²) >= 11 is 17.3. The first-order valence-corrected chi connectivity index (χ1v) is 8.01. The minimum atomic E-state index is -0.603. The summed E-state index contributed by atoms with van der Waals surface area (Å²) in [6, 6.07) is 7.03. The number of aromatic nitrogens is 2. The zero-order chi connectivity index (χ0) is 17.0. The van der Waals surface area contributed by atoms with E-state index >= 15 is 0 Å². The van der Waals surface area contributed by atoms with E-state index in [1.165, 1.54) is 6.20 Å². The topological polar surface area (TPSA) is 64.0 Å². The van der Waals surface area contributed by atoms with Gasteiger partial charge in [0.2, 0.25) is 5.91 Å². The van der Waals surface area contributed by atoms with Crippen LogP contribution < -0.4 is 10.9 Å². The van der Waals surface area contributed by atoms with Crippen molar-refractivity contribution < 1.29 is 4.79 Å². The second-order valence-corrected chi connectivity index (χ2v) is 6.07. The highest BCUT2D eigenvalue weighted by Crippen LogP contribution is 2.19. The molecule has 2 aromatic rings. The van der Waals surface area contributed by atoms with Crippen LogP contribution in [0.5, 0.6) is 0 Å². The minimum Gasteiger partial charge on any atom is -0.348 e. The van der Waals surface area contributed by atoms with Crippen molar-refractivity contribution in [1.82, 2.24) is 15.1 Å². The van der Waals surface area contributed by atoms with Crippen molar-refractivity contribution in [3.8, 4) is 0 Å². The molecule has 2 rings (SSSR count). The number of halogens is 3. The molecule has 1 heterocycles. The fraction of sp³-hybridized carbons (Fsp3) is 0.267. The molecular weight excluding hydrogens is 361 g/mol. The Bertz CT molecular complexity index is 760. The van der Waals surface area contributed by atoms with Gasteiger partial charge in [-0.15, -0.1) is 0 Å². The molecule has 0 spiro atoms. The first kappa shape index (κ1) is 17.8. The Labute approximate surface area is 148 Å². The zero-order valence-corrected chi connectivity index (χ0v) is 14.5. The van der Waals surface area contributed by atoms with Crippen LogP contribution in [-0.2, 0) is 11.3 Å². The van der Waals surface area contributed by atoms with Crippen LogP contribution in [0.15, 0.2) is 35.3 Å². The Hall–Kier alpha value is -1.56. The summed E-state index contributed by atoms with van der Waals surface area (Å²) < 4.78 is 0.970. The minimum absolute atomic E-state index is 0.0564. The largest absolute Gasteiger partial charge is 0.348 e. The quantitative estimate of drug-likeness (QED) is 0.871. The Morgan fingerprint density at radius 2 is 1.91 bits per heavy atom. The lowest BCUT2D eigenvalue weighted by Gasteiger charge is -2.17. The van der Waals surface area contributed by atoms with Gasteiger partial charge < -0.3 is 5.32 Å². The SMILES string of the molecule is CCC(NC(=O)Cn1ncc(Cl)c(Cl)c1=O)c1ccc(Cl)cc1. The van der Waals surface area contributed by atoms with Gasteiger partial charge in [-0.3, -0.25) is 9.59 Å². The number of hydrogen-bond acceptors (Lipinski definition) is 3. The van der Waals surface area contributed by atoms with Crippen LogP contribution in [0.3, 0.4) is 0 Å². The van der Waals surface area contributed by atoms with E-state index in [1.807, 2.05) is 19.1 Å². The highest BCUT2D eigenvalue weighted by Gasteiger charge is 2.15. The molecule has 0 saturated carbocycles. The second kappa shape index (κ2) is 7.81. The summed E-state index contributed by atoms with van der Waals surface area (Å²) in [6.45, 7) is 1.71. The van der Waals surface area contributed by atoms with Crippen molar-refractivity contribution in [3.05, 3.63) is 61.4 Å². The number of hydrogen-bond donors (Lipinski definition) is 1. The maximum Gasteiger partial charge on any atom is 0.287 e. The molecular formula is C15H14Cl3N3O2. The monoisotopic (exact) mass is 373 g/mol. The molecule has 1 unspecified atom stereocenters. The number of benzene rings is 1. The van der Waals surface area contributed by atoms with Gasteiger partial charge in [0.05, 0.1) is 17.3 Å². The highest BCUT2D eigenvalue weighted by atomic mass is 35.5. The van der Waals surface area contributed by atoms with Gasteiger partial charge in [0, 0.05) is 5.02 Å². The van der Waals surface area contributed by atoms with Crippen LogP contribution in [0.1, 0.15) is 24.9 Å². The van der Waals surface area contributed by atoms with Crippen molar-refractivity contribution in [1.29, 1.82) is 0 Å². The van der Waals surface area contributed by atoms with Gasteiger partial charge in [0.15, 0.2) is 0 Å². The molecule has 1 aromatic carbocycles. The predicted octanol–water partition coefficient (Wildman–Crippen LogP) is 3.47. The second-order valence-electron chi connectivity index (χ2n) is 4.85. The van der Waals surface area contributed by atoms with Crippen LogP contribution in [-0.4, -0.2) is 15.7 Å². The molecule has 5 nitrogen and oxygen atoms in total. The van der Waals surface area contributed by atoms with Gasteiger partial charge in [-0.2, -0.15) is 5.10 Å². The summed E-state index contributed by atoms with van der Waals surface area (Å²) in [7, 11) is 0. The number of nitrogens with one attached hydrogen (secondary N) is 1. The maximum atomic E-state index is 12.2. The van der Waals surface area contributed by atoms with Crippen molar-refractivity contribution in [3.63, 3.8) is 0 Å². The Balaban J connectivity index is 2.10. The fourth-order valence-corrected chi connectivity index (χ4v) is 2.45. The van der Waals surface area contributed by atoms with Gasteiger partial charge in [-0.05, 0) is 24.1 Å². The van der Waals surface area contributed by atoms with Gasteiger partial charge >= 0.3 is 0 Å². The summed E-state index contributed by atoms with van der Waals surface area (Å²) in [4.78, 5) is 24.0. The lowest BCUT2D eigenvalue weighted by atomic mass is 10.0. The molecule has 23 heavy (non-hydrogen) atoms. The summed E-state index contributed by atoms with van der Waals surface area (Å²) in [5.41, 5.74) is 0.327. The Morgan fingerprint density at radius 1 is 1.26 bits per heavy atom. The number of nitrogens with zero attached hydrogens (tertiary/aromatic N) is 2. The maximum absolute atomic E-state index is 12.2. The van der Waals surface area contributed by atoms with Gasteiger partial charge in [0.1, 0.15) is 11.6 Å². The summed E-state index contributed by atoms with van der Waals surface area (Å²) in [5, 5.41) is 7.19. The van der Waals surface area contributed by atoms with Crippen molar-refractivity contribution in [2.24, 2.45) is 0 Å². The molecule has 1 amide bonds. The normalized spacial score (nSPS) is 12.0. The van der Waals surface area contributed by atoms with E-state index in [2.05, 4.69) is 10.4 Å². The average molecular weight is 375 g/mol. The first-order valence-electron chi connectivity index (χ1n) is 6.88. The van der Waals surface area contributed by atoms with Crippen LogP contribution >= 0.6 is 34.8 Å². The first-order chi connectivity index (χ1) is 10.9. The van der Waals surface area contributed by atoms with E-state index in [-0.39, 0.29) is 28.5 Å². The third kappa shape index (κ3) is 4.47. The molecule has 1 aromatic heterocycles. The predicted molar refractivity (Wildman–Crippen MR) is 91.1 cm³/mol. The van der Waals surface area contributed by atoms with Crippen LogP contribution in [0.25, 0.3) is 0 Å². The standard InChI is InChI=1S/C15H14Cl3N3O2/c1-2-12(9-3-5-10(16)6-4-9)20-13(22)8-21-15(23)14(18)11(17)7-19-21/h3-7,12H,2,8H2,1H3,(H,20,22). The molecule has 1 atom stereocenters. The van der Waals surface area contributed by atoms with Gasteiger partial charge in [-0.25, -0.2) is 4.68 Å². The summed E-state index contributed by atoms with van der Waals surface area (Å²) in [6.07, 6.45) is 1.92. The lowest BCUT2D eigenvalue weighted by Crippen LogP contribution is -2.35. The molecule has 0 aliphatic heterocycles. The number of rotatable bonds is 5. The van der Waals surface area contributed by atoms with Gasteiger partial charge in [-0.1, -0.05) is 53.9 Å². The molecule has 0 radical (unpaired) electrons. The van der Waals surface area contributed by atoms with Crippen LogP contribution in [0, 0.1) is 0 Å². The molecule has 0 aliphatic carbocycles. The van der Waals surface area contributed by atoms with Crippen molar-refractivity contribution in [2.45, 2.75) is 25.9 Å². The average Bonchev–Trinajstić information content (AvgIpc) is 2.54. The Kier molecular flexibility index (Phi) is 6.04. The number of carbonyl (C=O) groups excluding carboxylic acids is 1. The third-order valence-electron chi connectivity index (χ3n) is 3.25. The van der Waals surface area contributed by atoms with E-state index in [1.54, 1.807) is 12.1 Å². The van der Waals surface area contributed by atoms with E-state index < -0.39 is 5.56 Å². The van der Waals surface area contributed by atoms with Crippen molar-refractivity contribution in [2.75, 3.05) is 0 Å². The van der Waals surface area contributed by atoms with E-state index in [9.17, 15) is 9.59 Å². The smallest absolute Gasteiger partial charge is 0.287 e. The molecule has 0 saturated heterocycles. The van der Waals surface area contributed by atoms with E-state index in [0.29, 0.717) is 11.4 Å².